The highest BCUT2D eigenvalue weighted by atomic mass is 79.9. The molecule has 5 heteroatoms. The van der Waals surface area contributed by atoms with Gasteiger partial charge in [0.15, 0.2) is 0 Å². The molecule has 16 heavy (non-hydrogen) atoms. The topological polar surface area (TPSA) is 34.9 Å². The number of hydrogen-bond donors (Lipinski definition) is 0. The van der Waals surface area contributed by atoms with E-state index in [1.54, 1.807) is 16.4 Å². The largest absolute Gasteiger partial charge is 0.298 e. The van der Waals surface area contributed by atoms with E-state index in [0.29, 0.717) is 12.2 Å². The van der Waals surface area contributed by atoms with Crippen LogP contribution in [0, 0.1) is 6.92 Å². The van der Waals surface area contributed by atoms with Crippen molar-refractivity contribution in [2.24, 2.45) is 7.05 Å². The maximum atomic E-state index is 11.7. The molecule has 1 aromatic heterocycles. The Kier molecular flexibility index (Phi) is 5.55. The summed E-state index contributed by atoms with van der Waals surface area (Å²) < 4.78 is 2.74. The van der Waals surface area contributed by atoms with Crippen molar-refractivity contribution < 1.29 is 4.79 Å². The minimum absolute atomic E-state index is 0.266. The van der Waals surface area contributed by atoms with Crippen LogP contribution in [0.2, 0.25) is 0 Å². The first-order valence-electron chi connectivity index (χ1n) is 5.33. The summed E-state index contributed by atoms with van der Waals surface area (Å²) in [5.74, 6) is 1.92. The first kappa shape index (κ1) is 13.8. The minimum Gasteiger partial charge on any atom is -0.298 e. The molecule has 0 aliphatic carbocycles. The highest BCUT2D eigenvalue weighted by Crippen LogP contribution is 2.21. The molecule has 1 aromatic rings. The van der Waals surface area contributed by atoms with Crippen LogP contribution < -0.4 is 0 Å². The van der Waals surface area contributed by atoms with Crippen molar-refractivity contribution in [2.75, 3.05) is 11.5 Å². The maximum Gasteiger partial charge on any atom is 0.148 e. The van der Waals surface area contributed by atoms with Crippen molar-refractivity contribution >= 4 is 33.5 Å². The van der Waals surface area contributed by atoms with Crippen LogP contribution in [0.1, 0.15) is 24.7 Å². The lowest BCUT2D eigenvalue weighted by Crippen LogP contribution is -2.10. The molecule has 0 spiro atoms. The molecule has 90 valence electrons. The minimum atomic E-state index is 0.266. The van der Waals surface area contributed by atoms with Gasteiger partial charge in [-0.15, -0.1) is 0 Å². The van der Waals surface area contributed by atoms with Crippen LogP contribution in [0.4, 0.5) is 0 Å². The third-order valence-electron chi connectivity index (χ3n) is 2.24. The number of aromatic nitrogens is 2. The van der Waals surface area contributed by atoms with Crippen LogP contribution in [-0.2, 0) is 18.3 Å². The molecule has 0 atom stereocenters. The molecule has 0 bridgehead atoms. The molecule has 0 saturated carbocycles. The second kappa shape index (κ2) is 6.45. The van der Waals surface area contributed by atoms with Gasteiger partial charge in [-0.3, -0.25) is 9.48 Å². The fraction of sp³-hybridized carbons (Fsp3) is 0.636. The molecule has 0 radical (unpaired) electrons. The van der Waals surface area contributed by atoms with Crippen molar-refractivity contribution in [1.29, 1.82) is 0 Å². The summed E-state index contributed by atoms with van der Waals surface area (Å²) in [6, 6.07) is 0. The van der Waals surface area contributed by atoms with Gasteiger partial charge in [-0.05, 0) is 35.0 Å². The number of hydrogen-bond acceptors (Lipinski definition) is 3. The van der Waals surface area contributed by atoms with E-state index in [1.165, 1.54) is 0 Å². The van der Waals surface area contributed by atoms with Gasteiger partial charge in [0.1, 0.15) is 5.78 Å². The standard InChI is InChI=1S/C11H17BrN2OS/c1-4-5-16-7-9(15)6-10-11(12)8(2)13-14(10)3/h4-7H2,1-3H3. The van der Waals surface area contributed by atoms with E-state index >= 15 is 0 Å². The van der Waals surface area contributed by atoms with Gasteiger partial charge >= 0.3 is 0 Å². The monoisotopic (exact) mass is 304 g/mol. The zero-order valence-corrected chi connectivity index (χ0v) is 12.3. The molecular weight excluding hydrogens is 288 g/mol. The number of nitrogens with zero attached hydrogens (tertiary/aromatic N) is 2. The fourth-order valence-corrected chi connectivity index (χ4v) is 2.68. The third-order valence-corrected chi connectivity index (χ3v) is 4.49. The van der Waals surface area contributed by atoms with Crippen LogP contribution in [0.3, 0.4) is 0 Å². The molecule has 0 amide bonds. The predicted molar refractivity (Wildman–Crippen MR) is 72.0 cm³/mol. The number of ketones is 1. The predicted octanol–water partition coefficient (Wildman–Crippen LogP) is 2.75. The van der Waals surface area contributed by atoms with Crippen molar-refractivity contribution in [3.05, 3.63) is 15.9 Å². The van der Waals surface area contributed by atoms with E-state index in [4.69, 9.17) is 0 Å². The van der Waals surface area contributed by atoms with Gasteiger partial charge in [-0.1, -0.05) is 6.92 Å². The van der Waals surface area contributed by atoms with Crippen molar-refractivity contribution in [3.8, 4) is 0 Å². The lowest BCUT2D eigenvalue weighted by atomic mass is 10.2. The van der Waals surface area contributed by atoms with Gasteiger partial charge in [0.2, 0.25) is 0 Å². The summed E-state index contributed by atoms with van der Waals surface area (Å²) in [5.41, 5.74) is 1.91. The van der Waals surface area contributed by atoms with Gasteiger partial charge in [-0.2, -0.15) is 16.9 Å². The number of Topliss-reactive ketones (excluding diaryl/α,β-unsaturated/α-hetero) is 1. The second-order valence-electron chi connectivity index (χ2n) is 3.74. The summed E-state index contributed by atoms with van der Waals surface area (Å²) in [5, 5.41) is 4.27. The number of rotatable bonds is 6. The maximum absolute atomic E-state index is 11.7. The van der Waals surface area contributed by atoms with Crippen molar-refractivity contribution in [1.82, 2.24) is 9.78 Å². The van der Waals surface area contributed by atoms with Crippen molar-refractivity contribution in [2.45, 2.75) is 26.7 Å². The normalized spacial score (nSPS) is 10.8. The summed E-state index contributed by atoms with van der Waals surface area (Å²) in [7, 11) is 1.87. The van der Waals surface area contributed by atoms with E-state index in [2.05, 4.69) is 28.0 Å². The SMILES string of the molecule is CCCSCC(=O)Cc1c(Br)c(C)nn1C. The first-order chi connectivity index (χ1) is 7.56. The highest BCUT2D eigenvalue weighted by molar-refractivity contribution is 9.10. The Morgan fingerprint density at radius 3 is 2.75 bits per heavy atom. The molecule has 0 aliphatic rings. The van der Waals surface area contributed by atoms with Crippen LogP contribution in [-0.4, -0.2) is 27.1 Å². The smallest absolute Gasteiger partial charge is 0.148 e. The first-order valence-corrected chi connectivity index (χ1v) is 7.28. The number of thioether (sulfide) groups is 1. The fourth-order valence-electron chi connectivity index (χ4n) is 1.44. The van der Waals surface area contributed by atoms with Crippen LogP contribution in [0.5, 0.6) is 0 Å². The van der Waals surface area contributed by atoms with Crippen LogP contribution in [0.25, 0.3) is 0 Å². The molecule has 3 nitrogen and oxygen atoms in total. The molecule has 0 aromatic carbocycles. The lowest BCUT2D eigenvalue weighted by Gasteiger charge is -2.02. The summed E-state index contributed by atoms with van der Waals surface area (Å²) in [6.07, 6.45) is 1.58. The van der Waals surface area contributed by atoms with Crippen molar-refractivity contribution in [3.63, 3.8) is 0 Å². The third kappa shape index (κ3) is 3.63. The van der Waals surface area contributed by atoms with E-state index in [9.17, 15) is 4.79 Å². The molecular formula is C11H17BrN2OS. The average Bonchev–Trinajstić information content (AvgIpc) is 2.46. The Balaban J connectivity index is 2.56. The number of aryl methyl sites for hydroxylation is 2. The number of carbonyl (C=O) groups is 1. The summed E-state index contributed by atoms with van der Waals surface area (Å²) >= 11 is 5.17. The van der Waals surface area contributed by atoms with E-state index in [0.717, 1.165) is 28.0 Å². The molecule has 1 rings (SSSR count). The average molecular weight is 305 g/mol. The Hall–Kier alpha value is -0.290. The van der Waals surface area contributed by atoms with Gasteiger partial charge in [0, 0.05) is 7.05 Å². The summed E-state index contributed by atoms with van der Waals surface area (Å²) in [6.45, 7) is 4.06. The van der Waals surface area contributed by atoms with Crippen LogP contribution in [0.15, 0.2) is 4.47 Å². The molecule has 0 aliphatic heterocycles. The van der Waals surface area contributed by atoms with Gasteiger partial charge < -0.3 is 0 Å². The number of carbonyl (C=O) groups excluding carboxylic acids is 1. The molecule has 0 unspecified atom stereocenters. The van der Waals surface area contributed by atoms with E-state index in [-0.39, 0.29) is 5.78 Å². The van der Waals surface area contributed by atoms with Gasteiger partial charge in [0.05, 0.1) is 28.0 Å². The molecule has 1 heterocycles. The molecule has 0 fully saturated rings. The lowest BCUT2D eigenvalue weighted by molar-refractivity contribution is -0.116. The van der Waals surface area contributed by atoms with Gasteiger partial charge in [0.25, 0.3) is 0 Å². The van der Waals surface area contributed by atoms with Gasteiger partial charge in [-0.25, -0.2) is 0 Å². The number of halogens is 1. The molecule has 0 N–H and O–H groups in total. The van der Waals surface area contributed by atoms with E-state index < -0.39 is 0 Å². The van der Waals surface area contributed by atoms with Crippen LogP contribution >= 0.6 is 27.7 Å². The Morgan fingerprint density at radius 1 is 1.56 bits per heavy atom. The second-order valence-corrected chi connectivity index (χ2v) is 5.64. The zero-order valence-electron chi connectivity index (χ0n) is 9.92. The van der Waals surface area contributed by atoms with E-state index in [1.807, 2.05) is 14.0 Å². The molecule has 0 saturated heterocycles. The Bertz CT molecular complexity index is 376. The Morgan fingerprint density at radius 2 is 2.25 bits per heavy atom. The summed E-state index contributed by atoms with van der Waals surface area (Å²) in [4.78, 5) is 11.7. The zero-order chi connectivity index (χ0) is 12.1. The highest BCUT2D eigenvalue weighted by Gasteiger charge is 2.14. The Labute approximate surface area is 109 Å². The quantitative estimate of drug-likeness (QED) is 0.758.